The van der Waals surface area contributed by atoms with E-state index in [2.05, 4.69) is 20.5 Å². The van der Waals surface area contributed by atoms with E-state index in [1.807, 2.05) is 72.8 Å². The van der Waals surface area contributed by atoms with Crippen LogP contribution in [0.2, 0.25) is 0 Å². The van der Waals surface area contributed by atoms with Gasteiger partial charge in [0.15, 0.2) is 0 Å². The lowest BCUT2D eigenvalue weighted by Crippen LogP contribution is -2.49. The van der Waals surface area contributed by atoms with Crippen LogP contribution in [-0.4, -0.2) is 53.8 Å². The number of carbonyl (C=O) groups excluding carboxylic acids is 2. The fourth-order valence-electron chi connectivity index (χ4n) is 4.07. The fourth-order valence-corrected chi connectivity index (χ4v) is 4.07. The van der Waals surface area contributed by atoms with Crippen molar-refractivity contribution in [3.8, 4) is 22.6 Å². The van der Waals surface area contributed by atoms with Gasteiger partial charge < -0.3 is 19.7 Å². The third-order valence-electron chi connectivity index (χ3n) is 6.01. The summed E-state index contributed by atoms with van der Waals surface area (Å²) in [6.07, 6.45) is 0.514. The number of hydrogen-bond donors (Lipinski definition) is 2. The Balaban J connectivity index is 1.30. The van der Waals surface area contributed by atoms with Crippen molar-refractivity contribution in [3.05, 3.63) is 90.0 Å². The lowest BCUT2D eigenvalue weighted by molar-refractivity contribution is -0.120. The number of carbonyl (C=O) groups is 2. The van der Waals surface area contributed by atoms with Gasteiger partial charge in [0.05, 0.1) is 12.8 Å². The maximum atomic E-state index is 13.2. The average Bonchev–Trinajstić information content (AvgIpc) is 3.35. The summed E-state index contributed by atoms with van der Waals surface area (Å²) in [7, 11) is 3.28. The Morgan fingerprint density at radius 3 is 2.72 bits per heavy atom. The molecule has 182 valence electrons. The third-order valence-corrected chi connectivity index (χ3v) is 6.01. The summed E-state index contributed by atoms with van der Waals surface area (Å²) in [5.74, 6) is 0.971. The molecule has 2 N–H and O–H groups in total. The van der Waals surface area contributed by atoms with Gasteiger partial charge in [-0.15, -0.1) is 5.10 Å². The normalized spacial score (nSPS) is 15.0. The summed E-state index contributed by atoms with van der Waals surface area (Å²) in [4.78, 5) is 31.8. The Labute approximate surface area is 208 Å². The monoisotopic (exact) mass is 483 g/mol. The van der Waals surface area contributed by atoms with Crippen molar-refractivity contribution in [2.45, 2.75) is 12.5 Å². The second-order valence-electron chi connectivity index (χ2n) is 8.42. The molecule has 0 aliphatic carbocycles. The van der Waals surface area contributed by atoms with E-state index in [9.17, 15) is 9.59 Å². The number of benzene rings is 3. The molecule has 0 radical (unpaired) electrons. The molecular weight excluding hydrogens is 458 g/mol. The first kappa shape index (κ1) is 23.1. The summed E-state index contributed by atoms with van der Waals surface area (Å²) >= 11 is 0. The van der Waals surface area contributed by atoms with Gasteiger partial charge in [0.1, 0.15) is 30.0 Å². The zero-order valence-electron chi connectivity index (χ0n) is 19.9. The van der Waals surface area contributed by atoms with Gasteiger partial charge in [-0.2, -0.15) is 0 Å². The van der Waals surface area contributed by atoms with Gasteiger partial charge in [-0.25, -0.2) is 4.98 Å². The first-order valence-electron chi connectivity index (χ1n) is 11.5. The number of likely N-dealkylation sites (N-methyl/N-ethyl adjacent to an activating group) is 1. The van der Waals surface area contributed by atoms with Crippen molar-refractivity contribution in [2.75, 3.05) is 25.7 Å². The molecular formula is C27H25N5O4. The number of aromatic nitrogens is 3. The molecule has 0 bridgehead atoms. The van der Waals surface area contributed by atoms with Gasteiger partial charge in [-0.05, 0) is 41.0 Å². The van der Waals surface area contributed by atoms with E-state index >= 15 is 0 Å². The van der Waals surface area contributed by atoms with Crippen LogP contribution in [0.25, 0.3) is 11.1 Å². The predicted molar refractivity (Wildman–Crippen MR) is 134 cm³/mol. The summed E-state index contributed by atoms with van der Waals surface area (Å²) in [6, 6.07) is 22.2. The molecule has 36 heavy (non-hydrogen) atoms. The topological polar surface area (TPSA) is 109 Å². The molecule has 1 aromatic heterocycles. The van der Waals surface area contributed by atoms with E-state index in [4.69, 9.17) is 9.47 Å². The molecule has 1 atom stereocenters. The molecule has 0 fully saturated rings. The second-order valence-corrected chi connectivity index (χ2v) is 8.42. The van der Waals surface area contributed by atoms with Crippen molar-refractivity contribution >= 4 is 17.5 Å². The number of H-pyrrole nitrogens is 1. The summed E-state index contributed by atoms with van der Waals surface area (Å²) in [5.41, 5.74) is 3.51. The second kappa shape index (κ2) is 9.91. The molecule has 1 aliphatic rings. The van der Waals surface area contributed by atoms with E-state index in [1.165, 1.54) is 4.90 Å². The van der Waals surface area contributed by atoms with Crippen molar-refractivity contribution in [1.82, 2.24) is 20.5 Å². The highest BCUT2D eigenvalue weighted by Gasteiger charge is 2.32. The molecule has 0 saturated carbocycles. The molecule has 9 heteroatoms. The number of anilines is 1. The van der Waals surface area contributed by atoms with Gasteiger partial charge in [-0.3, -0.25) is 14.7 Å². The van der Waals surface area contributed by atoms with E-state index < -0.39 is 11.9 Å². The zero-order chi connectivity index (χ0) is 25.1. The minimum atomic E-state index is -0.897. The molecule has 3 aromatic carbocycles. The minimum absolute atomic E-state index is 0.0122. The van der Waals surface area contributed by atoms with Crippen molar-refractivity contribution in [2.24, 2.45) is 0 Å². The largest absolute Gasteiger partial charge is 0.497 e. The third kappa shape index (κ3) is 4.76. The van der Waals surface area contributed by atoms with Crippen LogP contribution in [0.4, 0.5) is 5.69 Å². The average molecular weight is 484 g/mol. The number of amides is 2. The van der Waals surface area contributed by atoms with Crippen LogP contribution in [-0.2, 0) is 11.2 Å². The Morgan fingerprint density at radius 1 is 1.11 bits per heavy atom. The molecule has 4 aromatic rings. The minimum Gasteiger partial charge on any atom is -0.497 e. The van der Waals surface area contributed by atoms with E-state index in [1.54, 1.807) is 14.2 Å². The first-order valence-corrected chi connectivity index (χ1v) is 11.5. The lowest BCUT2D eigenvalue weighted by atomic mass is 10.0. The number of rotatable bonds is 6. The number of methoxy groups -OCH3 is 1. The summed E-state index contributed by atoms with van der Waals surface area (Å²) in [6.45, 7) is -0.0122. The van der Waals surface area contributed by atoms with Crippen LogP contribution in [0.5, 0.6) is 11.5 Å². The van der Waals surface area contributed by atoms with E-state index in [-0.39, 0.29) is 18.3 Å². The quantitative estimate of drug-likeness (QED) is 0.436. The maximum absolute atomic E-state index is 13.2. The SMILES string of the molecule is COc1cccc(-c2ccc3c(c2)N(C)C(=O)[C@@H](NC(=O)c2n[nH]c(Cc4ccccc4)n2)CO3)c1. The zero-order valence-corrected chi connectivity index (χ0v) is 19.9. The highest BCUT2D eigenvalue weighted by Crippen LogP contribution is 2.35. The van der Waals surface area contributed by atoms with Gasteiger partial charge in [-0.1, -0.05) is 48.5 Å². The first-order chi connectivity index (χ1) is 17.5. The molecule has 0 saturated heterocycles. The number of ether oxygens (including phenoxy) is 2. The van der Waals surface area contributed by atoms with Crippen LogP contribution < -0.4 is 19.7 Å². The molecule has 9 nitrogen and oxygen atoms in total. The number of nitrogens with one attached hydrogen (secondary N) is 2. The summed E-state index contributed by atoms with van der Waals surface area (Å²) < 4.78 is 11.2. The predicted octanol–water partition coefficient (Wildman–Crippen LogP) is 3.22. The Kier molecular flexibility index (Phi) is 6.36. The van der Waals surface area contributed by atoms with Gasteiger partial charge in [0, 0.05) is 13.5 Å². The fraction of sp³-hybridized carbons (Fsp3) is 0.185. The van der Waals surface area contributed by atoms with E-state index in [0.717, 1.165) is 22.4 Å². The molecule has 0 spiro atoms. The van der Waals surface area contributed by atoms with Crippen LogP contribution in [0.1, 0.15) is 22.0 Å². The van der Waals surface area contributed by atoms with Gasteiger partial charge >= 0.3 is 0 Å². The Bertz CT molecular complexity index is 1400. The standard InChI is InChI=1S/C27H25N5O4/c1-32-22-15-19(18-9-6-10-20(14-18)35-2)11-12-23(22)36-16-21(27(32)34)28-26(33)25-29-24(30-31-25)13-17-7-4-3-5-8-17/h3-12,14-15,21H,13,16H2,1-2H3,(H,28,33)(H,29,30,31)/t21-/m0/s1. The van der Waals surface area contributed by atoms with Crippen molar-refractivity contribution < 1.29 is 19.1 Å². The lowest BCUT2D eigenvalue weighted by Gasteiger charge is -2.20. The molecule has 0 unspecified atom stereocenters. The van der Waals surface area contributed by atoms with Crippen LogP contribution in [0, 0.1) is 0 Å². The van der Waals surface area contributed by atoms with E-state index in [0.29, 0.717) is 23.7 Å². The molecule has 5 rings (SSSR count). The van der Waals surface area contributed by atoms with Crippen molar-refractivity contribution in [3.63, 3.8) is 0 Å². The highest BCUT2D eigenvalue weighted by molar-refractivity contribution is 6.02. The number of aromatic amines is 1. The van der Waals surface area contributed by atoms with Crippen LogP contribution >= 0.6 is 0 Å². The van der Waals surface area contributed by atoms with Crippen molar-refractivity contribution in [1.29, 1.82) is 0 Å². The van der Waals surface area contributed by atoms with Gasteiger partial charge in [0.25, 0.3) is 11.8 Å². The Morgan fingerprint density at radius 2 is 1.92 bits per heavy atom. The molecule has 1 aliphatic heterocycles. The highest BCUT2D eigenvalue weighted by atomic mass is 16.5. The molecule has 2 amide bonds. The Hall–Kier alpha value is -4.66. The number of fused-ring (bicyclic) bond motifs is 1. The molecule has 2 heterocycles. The van der Waals surface area contributed by atoms with Gasteiger partial charge in [0.2, 0.25) is 5.82 Å². The van der Waals surface area contributed by atoms with Crippen LogP contribution in [0.3, 0.4) is 0 Å². The maximum Gasteiger partial charge on any atom is 0.291 e. The summed E-state index contributed by atoms with van der Waals surface area (Å²) in [5, 5.41) is 9.52. The smallest absolute Gasteiger partial charge is 0.291 e. The van der Waals surface area contributed by atoms with Crippen LogP contribution in [0.15, 0.2) is 72.8 Å². The number of nitrogens with zero attached hydrogens (tertiary/aromatic N) is 3. The number of hydrogen-bond acceptors (Lipinski definition) is 6.